The molecule has 1 unspecified atom stereocenters. The van der Waals surface area contributed by atoms with Crippen LogP contribution in [0.5, 0.6) is 0 Å². The lowest BCUT2D eigenvalue weighted by atomic mass is 9.83. The van der Waals surface area contributed by atoms with E-state index in [4.69, 9.17) is 4.74 Å². The number of pyridine rings is 2. The lowest BCUT2D eigenvalue weighted by Crippen LogP contribution is -2.36. The number of amides is 1. The van der Waals surface area contributed by atoms with E-state index >= 15 is 0 Å². The van der Waals surface area contributed by atoms with Crippen LogP contribution in [0.1, 0.15) is 12.1 Å². The lowest BCUT2D eigenvalue weighted by Gasteiger charge is -2.26. The number of aromatic nitrogens is 4. The summed E-state index contributed by atoms with van der Waals surface area (Å²) in [5, 5.41) is 7.50. The van der Waals surface area contributed by atoms with Crippen LogP contribution < -0.4 is 5.32 Å². The normalized spacial score (nSPS) is 20.0. The zero-order valence-electron chi connectivity index (χ0n) is 13.6. The van der Waals surface area contributed by atoms with Crippen molar-refractivity contribution in [3.8, 4) is 5.82 Å². The Bertz CT molecular complexity index is 953. The summed E-state index contributed by atoms with van der Waals surface area (Å²) in [7, 11) is 0. The molecule has 3 aromatic rings. The number of hydrogen-bond acceptors (Lipinski definition) is 5. The van der Waals surface area contributed by atoms with E-state index in [-0.39, 0.29) is 25.3 Å². The Kier molecular flexibility index (Phi) is 4.08. The first-order valence-electron chi connectivity index (χ1n) is 8.02. The number of halogens is 2. The van der Waals surface area contributed by atoms with Gasteiger partial charge in [-0.1, -0.05) is 6.07 Å². The van der Waals surface area contributed by atoms with Crippen LogP contribution in [0.25, 0.3) is 16.7 Å². The second kappa shape index (κ2) is 6.41. The minimum absolute atomic E-state index is 0.0572. The van der Waals surface area contributed by atoms with Gasteiger partial charge in [-0.25, -0.2) is 23.4 Å². The van der Waals surface area contributed by atoms with Gasteiger partial charge in [-0.15, -0.1) is 0 Å². The highest BCUT2D eigenvalue weighted by Gasteiger charge is 2.46. The topological polar surface area (TPSA) is 81.9 Å². The first-order chi connectivity index (χ1) is 12.6. The molecule has 26 heavy (non-hydrogen) atoms. The Hall–Kier alpha value is -2.94. The third-order valence-corrected chi connectivity index (χ3v) is 4.59. The number of rotatable bonds is 5. The fourth-order valence-electron chi connectivity index (χ4n) is 3.13. The lowest BCUT2D eigenvalue weighted by molar-refractivity contribution is -0.105. The Balaban J connectivity index is 1.81. The highest BCUT2D eigenvalue weighted by atomic mass is 19.3. The van der Waals surface area contributed by atoms with Crippen LogP contribution in [0, 0.1) is 0 Å². The number of carbonyl (C=O) groups is 1. The van der Waals surface area contributed by atoms with E-state index in [0.29, 0.717) is 23.6 Å². The molecule has 1 N–H and O–H groups in total. The van der Waals surface area contributed by atoms with E-state index in [0.717, 1.165) is 5.39 Å². The number of nitrogens with one attached hydrogen (secondary N) is 1. The maximum Gasteiger partial charge on any atom is 0.251 e. The monoisotopic (exact) mass is 359 g/mol. The molecule has 0 saturated carbocycles. The highest BCUT2D eigenvalue weighted by Crippen LogP contribution is 2.38. The maximum absolute atomic E-state index is 13.8. The van der Waals surface area contributed by atoms with E-state index < -0.39 is 11.8 Å². The van der Waals surface area contributed by atoms with Crippen LogP contribution in [0.4, 0.5) is 14.6 Å². The second-order valence-electron chi connectivity index (χ2n) is 6.09. The maximum atomic E-state index is 13.8. The van der Waals surface area contributed by atoms with Crippen LogP contribution in [0.15, 0.2) is 36.7 Å². The molecule has 0 bridgehead atoms. The van der Waals surface area contributed by atoms with Gasteiger partial charge < -0.3 is 10.1 Å². The van der Waals surface area contributed by atoms with Gasteiger partial charge in [0, 0.05) is 24.3 Å². The minimum atomic E-state index is -2.57. The first-order valence-corrected chi connectivity index (χ1v) is 8.02. The molecule has 4 rings (SSSR count). The molecule has 1 amide bonds. The third-order valence-electron chi connectivity index (χ3n) is 4.59. The Morgan fingerprint density at radius 1 is 1.35 bits per heavy atom. The van der Waals surface area contributed by atoms with Crippen molar-refractivity contribution in [1.82, 2.24) is 19.7 Å². The molecule has 9 heteroatoms. The van der Waals surface area contributed by atoms with Crippen molar-refractivity contribution in [1.29, 1.82) is 0 Å². The number of hydrogen-bond donors (Lipinski definition) is 1. The standard InChI is InChI=1S/C17H15F2N5O2/c18-16(19)17(4-5-26-9-17)13-2-1-3-15(23-13)24-12-6-14(21-10-25)20-7-11(12)8-22-24/h1-3,6-8,10,16H,4-5,9H2,(H,20,21,25). The van der Waals surface area contributed by atoms with E-state index in [1.165, 1.54) is 4.68 Å². The molecule has 0 aromatic carbocycles. The van der Waals surface area contributed by atoms with Crippen molar-refractivity contribution in [2.24, 2.45) is 0 Å². The molecule has 7 nitrogen and oxygen atoms in total. The second-order valence-corrected chi connectivity index (χ2v) is 6.09. The van der Waals surface area contributed by atoms with Crippen molar-refractivity contribution >= 4 is 23.1 Å². The summed E-state index contributed by atoms with van der Waals surface area (Å²) in [4.78, 5) is 19.2. The third kappa shape index (κ3) is 2.60. The number of fused-ring (bicyclic) bond motifs is 1. The van der Waals surface area contributed by atoms with Crippen molar-refractivity contribution in [3.05, 3.63) is 42.4 Å². The SMILES string of the molecule is O=CNc1cc2c(cn1)cnn2-c1cccc(C2(C(F)F)CCOC2)n1. The van der Waals surface area contributed by atoms with Crippen LogP contribution in [-0.2, 0) is 14.9 Å². The molecule has 3 aromatic heterocycles. The molecular formula is C17H15F2N5O2. The summed E-state index contributed by atoms with van der Waals surface area (Å²) >= 11 is 0. The summed E-state index contributed by atoms with van der Waals surface area (Å²) in [5.41, 5.74) is -0.459. The van der Waals surface area contributed by atoms with Crippen LogP contribution in [0.2, 0.25) is 0 Å². The van der Waals surface area contributed by atoms with Crippen molar-refractivity contribution in [2.75, 3.05) is 18.5 Å². The largest absolute Gasteiger partial charge is 0.380 e. The molecule has 0 spiro atoms. The van der Waals surface area contributed by atoms with Gasteiger partial charge in [-0.05, 0) is 18.6 Å². The van der Waals surface area contributed by atoms with Gasteiger partial charge in [0.1, 0.15) is 5.82 Å². The summed E-state index contributed by atoms with van der Waals surface area (Å²) in [6.45, 7) is 0.228. The van der Waals surface area contributed by atoms with Gasteiger partial charge in [-0.3, -0.25) is 4.79 Å². The minimum Gasteiger partial charge on any atom is -0.380 e. The van der Waals surface area contributed by atoms with Crippen LogP contribution in [-0.4, -0.2) is 45.8 Å². The summed E-state index contributed by atoms with van der Waals surface area (Å²) in [6, 6.07) is 6.61. The molecule has 0 aliphatic carbocycles. The van der Waals surface area contributed by atoms with E-state index in [9.17, 15) is 13.6 Å². The quantitative estimate of drug-likeness (QED) is 0.707. The Labute approximate surface area is 147 Å². The average Bonchev–Trinajstić information content (AvgIpc) is 3.30. The predicted octanol–water partition coefficient (Wildman–Crippen LogP) is 2.31. The van der Waals surface area contributed by atoms with Gasteiger partial charge in [0.2, 0.25) is 6.41 Å². The van der Waals surface area contributed by atoms with Crippen molar-refractivity contribution in [3.63, 3.8) is 0 Å². The van der Waals surface area contributed by atoms with Gasteiger partial charge in [-0.2, -0.15) is 5.10 Å². The fourth-order valence-corrected chi connectivity index (χ4v) is 3.13. The molecule has 4 heterocycles. The van der Waals surface area contributed by atoms with Gasteiger partial charge in [0.05, 0.1) is 29.4 Å². The van der Waals surface area contributed by atoms with Crippen molar-refractivity contribution in [2.45, 2.75) is 18.3 Å². The zero-order valence-corrected chi connectivity index (χ0v) is 13.6. The van der Waals surface area contributed by atoms with E-state index in [1.807, 2.05) is 0 Å². The fraction of sp³-hybridized carbons (Fsp3) is 0.294. The average molecular weight is 359 g/mol. The van der Waals surface area contributed by atoms with Gasteiger partial charge >= 0.3 is 0 Å². The number of alkyl halides is 2. The molecule has 1 saturated heterocycles. The van der Waals surface area contributed by atoms with Gasteiger partial charge in [0.15, 0.2) is 5.82 Å². The zero-order chi connectivity index (χ0) is 18.1. The molecule has 1 fully saturated rings. The van der Waals surface area contributed by atoms with Crippen molar-refractivity contribution < 1.29 is 18.3 Å². The summed E-state index contributed by atoms with van der Waals surface area (Å²) in [5.74, 6) is 0.770. The number of ether oxygens (including phenoxy) is 1. The molecule has 1 atom stereocenters. The molecule has 0 radical (unpaired) electrons. The Morgan fingerprint density at radius 2 is 2.23 bits per heavy atom. The van der Waals surface area contributed by atoms with Crippen LogP contribution >= 0.6 is 0 Å². The molecular weight excluding hydrogens is 344 g/mol. The van der Waals surface area contributed by atoms with E-state index in [1.54, 1.807) is 36.7 Å². The summed E-state index contributed by atoms with van der Waals surface area (Å²) < 4.78 is 34.3. The smallest absolute Gasteiger partial charge is 0.251 e. The van der Waals surface area contributed by atoms with Gasteiger partial charge in [0.25, 0.3) is 6.43 Å². The summed E-state index contributed by atoms with van der Waals surface area (Å²) in [6.07, 6.45) is 1.34. The van der Waals surface area contributed by atoms with E-state index in [2.05, 4.69) is 20.4 Å². The highest BCUT2D eigenvalue weighted by molar-refractivity contribution is 5.83. The number of anilines is 1. The molecule has 134 valence electrons. The number of nitrogens with zero attached hydrogens (tertiary/aromatic N) is 4. The Morgan fingerprint density at radius 3 is 2.96 bits per heavy atom. The molecule has 1 aliphatic heterocycles. The molecule has 1 aliphatic rings. The van der Waals surface area contributed by atoms with Crippen LogP contribution in [0.3, 0.4) is 0 Å². The number of carbonyl (C=O) groups excluding carboxylic acids is 1. The first kappa shape index (κ1) is 16.5. The predicted molar refractivity (Wildman–Crippen MR) is 89.5 cm³/mol.